The smallest absolute Gasteiger partial charge is 0.229 e. The van der Waals surface area contributed by atoms with Crippen molar-refractivity contribution >= 4 is 5.95 Å². The van der Waals surface area contributed by atoms with Crippen LogP contribution in [0.25, 0.3) is 0 Å². The van der Waals surface area contributed by atoms with E-state index in [2.05, 4.69) is 41.2 Å². The van der Waals surface area contributed by atoms with Gasteiger partial charge in [0.2, 0.25) is 17.7 Å². The van der Waals surface area contributed by atoms with E-state index in [1.807, 2.05) is 0 Å². The van der Waals surface area contributed by atoms with E-state index in [0.717, 1.165) is 13.0 Å². The van der Waals surface area contributed by atoms with Crippen molar-refractivity contribution in [3.05, 3.63) is 6.07 Å². The highest BCUT2D eigenvalue weighted by molar-refractivity contribution is 5.34. The summed E-state index contributed by atoms with van der Waals surface area (Å²) >= 11 is 0. The Morgan fingerprint density at radius 2 is 1.78 bits per heavy atom. The van der Waals surface area contributed by atoms with Gasteiger partial charge in [-0.15, -0.1) is 0 Å². The van der Waals surface area contributed by atoms with E-state index in [4.69, 9.17) is 9.47 Å². The van der Waals surface area contributed by atoms with Crippen LogP contribution in [0.3, 0.4) is 0 Å². The van der Waals surface area contributed by atoms with Gasteiger partial charge in [-0.2, -0.15) is 9.97 Å². The van der Waals surface area contributed by atoms with E-state index in [-0.39, 0.29) is 6.04 Å². The number of ether oxygens (including phenoxy) is 2. The Kier molecular flexibility index (Phi) is 5.64. The van der Waals surface area contributed by atoms with Crippen LogP contribution in [0.5, 0.6) is 11.8 Å². The van der Waals surface area contributed by atoms with Crippen LogP contribution < -0.4 is 14.8 Å². The fraction of sp³-hybridized carbons (Fsp3) is 0.667. The summed E-state index contributed by atoms with van der Waals surface area (Å²) in [6.07, 6.45) is 1.01. The van der Waals surface area contributed by atoms with Gasteiger partial charge in [-0.25, -0.2) is 0 Å². The molecule has 0 saturated heterocycles. The lowest BCUT2D eigenvalue weighted by atomic mass is 10.2. The van der Waals surface area contributed by atoms with Gasteiger partial charge in [-0.3, -0.25) is 0 Å². The van der Waals surface area contributed by atoms with Crippen LogP contribution in [0.2, 0.25) is 0 Å². The maximum atomic E-state index is 5.10. The normalized spacial score (nSPS) is 12.3. The quantitative estimate of drug-likeness (QED) is 0.790. The summed E-state index contributed by atoms with van der Waals surface area (Å²) in [6.45, 7) is 3.11. The Morgan fingerprint density at radius 1 is 1.22 bits per heavy atom. The summed E-state index contributed by atoms with van der Waals surface area (Å²) in [4.78, 5) is 10.6. The molecule has 0 aliphatic carbocycles. The van der Waals surface area contributed by atoms with Crippen molar-refractivity contribution in [3.63, 3.8) is 0 Å². The molecule has 0 saturated carbocycles. The van der Waals surface area contributed by atoms with Crippen molar-refractivity contribution in [1.82, 2.24) is 14.9 Å². The first-order valence-corrected chi connectivity index (χ1v) is 5.93. The van der Waals surface area contributed by atoms with Crippen LogP contribution in [-0.4, -0.2) is 55.8 Å². The molecule has 0 radical (unpaired) electrons. The predicted octanol–water partition coefficient (Wildman–Crippen LogP) is 1.25. The molecule has 1 unspecified atom stereocenters. The van der Waals surface area contributed by atoms with Gasteiger partial charge in [0.15, 0.2) is 0 Å². The summed E-state index contributed by atoms with van der Waals surface area (Å²) in [5.41, 5.74) is 0. The molecule has 1 heterocycles. The van der Waals surface area contributed by atoms with Gasteiger partial charge in [0.25, 0.3) is 0 Å². The molecule has 0 aliphatic rings. The molecule has 6 heteroatoms. The summed E-state index contributed by atoms with van der Waals surface area (Å²) in [5.74, 6) is 1.51. The van der Waals surface area contributed by atoms with Crippen molar-refractivity contribution in [3.8, 4) is 11.8 Å². The van der Waals surface area contributed by atoms with E-state index in [1.54, 1.807) is 20.3 Å². The standard InChI is InChI=1S/C12H22N4O2/c1-9(6-7-16(2)3)13-12-14-10(17-4)8-11(15-12)18-5/h8-9H,6-7H2,1-5H3,(H,13,14,15). The first kappa shape index (κ1) is 14.5. The van der Waals surface area contributed by atoms with Gasteiger partial charge < -0.3 is 19.7 Å². The Labute approximate surface area is 108 Å². The third-order valence-corrected chi connectivity index (χ3v) is 2.48. The largest absolute Gasteiger partial charge is 0.481 e. The second kappa shape index (κ2) is 7.00. The molecule has 0 fully saturated rings. The van der Waals surface area contributed by atoms with E-state index in [9.17, 15) is 0 Å². The molecule has 1 atom stereocenters. The zero-order valence-electron chi connectivity index (χ0n) is 11.7. The van der Waals surface area contributed by atoms with Crippen LogP contribution in [0.1, 0.15) is 13.3 Å². The topological polar surface area (TPSA) is 59.5 Å². The number of hydrogen-bond acceptors (Lipinski definition) is 6. The van der Waals surface area contributed by atoms with Crippen molar-refractivity contribution < 1.29 is 9.47 Å². The minimum Gasteiger partial charge on any atom is -0.481 e. The molecule has 0 aliphatic heterocycles. The van der Waals surface area contributed by atoms with E-state index >= 15 is 0 Å². The second-order valence-electron chi connectivity index (χ2n) is 4.41. The maximum Gasteiger partial charge on any atom is 0.229 e. The number of hydrogen-bond donors (Lipinski definition) is 1. The minimum absolute atomic E-state index is 0.282. The first-order chi connectivity index (χ1) is 8.55. The van der Waals surface area contributed by atoms with Gasteiger partial charge in [0.05, 0.1) is 20.3 Å². The molecule has 1 N–H and O–H groups in total. The average Bonchev–Trinajstić information content (AvgIpc) is 2.35. The van der Waals surface area contributed by atoms with Gasteiger partial charge in [-0.1, -0.05) is 0 Å². The number of methoxy groups -OCH3 is 2. The number of anilines is 1. The Hall–Kier alpha value is -1.56. The lowest BCUT2D eigenvalue weighted by molar-refractivity contribution is 0.371. The number of rotatable bonds is 7. The molecule has 6 nitrogen and oxygen atoms in total. The van der Waals surface area contributed by atoms with Gasteiger partial charge in [0.1, 0.15) is 0 Å². The summed E-state index contributed by atoms with van der Waals surface area (Å²) in [6, 6.07) is 1.93. The molecule has 0 bridgehead atoms. The Balaban J connectivity index is 2.65. The van der Waals surface area contributed by atoms with Crippen molar-refractivity contribution in [2.24, 2.45) is 0 Å². The highest BCUT2D eigenvalue weighted by Crippen LogP contribution is 2.18. The van der Waals surface area contributed by atoms with Crippen LogP contribution in [-0.2, 0) is 0 Å². The summed E-state index contributed by atoms with van der Waals surface area (Å²) < 4.78 is 10.2. The minimum atomic E-state index is 0.282. The lowest BCUT2D eigenvalue weighted by Gasteiger charge is -2.17. The first-order valence-electron chi connectivity index (χ1n) is 5.93. The zero-order valence-corrected chi connectivity index (χ0v) is 11.7. The highest BCUT2D eigenvalue weighted by atomic mass is 16.5. The summed E-state index contributed by atoms with van der Waals surface area (Å²) in [5, 5.41) is 3.24. The van der Waals surface area contributed by atoms with Crippen molar-refractivity contribution in [2.45, 2.75) is 19.4 Å². The predicted molar refractivity (Wildman–Crippen MR) is 71.4 cm³/mol. The number of aromatic nitrogens is 2. The van der Waals surface area contributed by atoms with Crippen LogP contribution in [0.4, 0.5) is 5.95 Å². The second-order valence-corrected chi connectivity index (χ2v) is 4.41. The van der Waals surface area contributed by atoms with Crippen LogP contribution in [0.15, 0.2) is 6.07 Å². The third-order valence-electron chi connectivity index (χ3n) is 2.48. The average molecular weight is 254 g/mol. The fourth-order valence-electron chi connectivity index (χ4n) is 1.42. The van der Waals surface area contributed by atoms with Crippen LogP contribution in [0, 0.1) is 0 Å². The highest BCUT2D eigenvalue weighted by Gasteiger charge is 2.08. The maximum absolute atomic E-state index is 5.10. The third kappa shape index (κ3) is 4.75. The van der Waals surface area contributed by atoms with E-state index in [1.165, 1.54) is 0 Å². The molecule has 0 amide bonds. The number of nitrogens with one attached hydrogen (secondary N) is 1. The Morgan fingerprint density at radius 3 is 2.22 bits per heavy atom. The fourth-order valence-corrected chi connectivity index (χ4v) is 1.42. The molecule has 18 heavy (non-hydrogen) atoms. The molecule has 0 spiro atoms. The van der Waals surface area contributed by atoms with Gasteiger partial charge in [-0.05, 0) is 34.0 Å². The lowest BCUT2D eigenvalue weighted by Crippen LogP contribution is -2.24. The van der Waals surface area contributed by atoms with Gasteiger partial charge >= 0.3 is 0 Å². The summed E-state index contributed by atoms with van der Waals surface area (Å²) in [7, 11) is 7.25. The molecule has 102 valence electrons. The molecule has 1 aromatic heterocycles. The molecule has 1 rings (SSSR count). The molecular formula is C12H22N4O2. The van der Waals surface area contributed by atoms with Crippen molar-refractivity contribution in [2.75, 3.05) is 40.2 Å². The Bertz CT molecular complexity index is 349. The van der Waals surface area contributed by atoms with E-state index in [0.29, 0.717) is 17.7 Å². The molecule has 0 aromatic carbocycles. The van der Waals surface area contributed by atoms with Crippen LogP contribution >= 0.6 is 0 Å². The van der Waals surface area contributed by atoms with Crippen molar-refractivity contribution in [1.29, 1.82) is 0 Å². The SMILES string of the molecule is COc1cc(OC)nc(NC(C)CCN(C)C)n1. The van der Waals surface area contributed by atoms with Gasteiger partial charge in [0, 0.05) is 6.04 Å². The molecule has 1 aromatic rings. The molecular weight excluding hydrogens is 232 g/mol. The van der Waals surface area contributed by atoms with E-state index < -0.39 is 0 Å². The zero-order chi connectivity index (χ0) is 13.5. The monoisotopic (exact) mass is 254 g/mol. The number of nitrogens with zero attached hydrogens (tertiary/aromatic N) is 3.